The molecule has 3 rings (SSSR count). The Hall–Kier alpha value is -2.49. The van der Waals surface area contributed by atoms with Crippen molar-refractivity contribution in [1.29, 1.82) is 0 Å². The average molecular weight is 491 g/mol. The normalized spacial score (nSPS) is 11.4. The van der Waals surface area contributed by atoms with Gasteiger partial charge in [-0.05, 0) is 90.8 Å². The third-order valence-corrected chi connectivity index (χ3v) is 7.26. The van der Waals surface area contributed by atoms with E-state index >= 15 is 4.39 Å². The van der Waals surface area contributed by atoms with E-state index in [0.717, 1.165) is 61.6 Å². The quantitative estimate of drug-likeness (QED) is 0.217. The highest BCUT2D eigenvalue weighted by atomic mass is 19.1. The first kappa shape index (κ1) is 28.1. The summed E-state index contributed by atoms with van der Waals surface area (Å²) in [6.07, 6.45) is 10.1. The third kappa shape index (κ3) is 8.28. The Morgan fingerprint density at radius 2 is 1.19 bits per heavy atom. The number of halogens is 1. The zero-order chi connectivity index (χ0) is 25.8. The molecular weight excluding hydrogens is 447 g/mol. The second-order valence-corrected chi connectivity index (χ2v) is 10.1. The molecule has 0 heterocycles. The van der Waals surface area contributed by atoms with Gasteiger partial charge in [-0.2, -0.15) is 0 Å². The van der Waals surface area contributed by atoms with Crippen LogP contribution in [-0.2, 0) is 32.1 Å². The van der Waals surface area contributed by atoms with Crippen molar-refractivity contribution in [3.63, 3.8) is 0 Å². The second kappa shape index (κ2) is 14.9. The van der Waals surface area contributed by atoms with Crippen molar-refractivity contribution in [1.82, 2.24) is 0 Å². The molecule has 0 amide bonds. The number of hydrogen-bond donors (Lipinski definition) is 2. The summed E-state index contributed by atoms with van der Waals surface area (Å²) in [5.41, 5.74) is 7.73. The molecule has 3 heteroatoms. The molecule has 2 N–H and O–H groups in total. The first-order valence-electron chi connectivity index (χ1n) is 13.8. The minimum atomic E-state index is -0.157. The Morgan fingerprint density at radius 3 is 1.81 bits per heavy atom. The smallest absolute Gasteiger partial charge is 0.131 e. The Kier molecular flexibility index (Phi) is 11.6. The van der Waals surface area contributed by atoms with Crippen LogP contribution in [0.25, 0.3) is 11.1 Å². The van der Waals surface area contributed by atoms with Crippen LogP contribution in [0.4, 0.5) is 4.39 Å². The van der Waals surface area contributed by atoms with Gasteiger partial charge in [-0.1, -0.05) is 81.3 Å². The van der Waals surface area contributed by atoms with Gasteiger partial charge in [0.25, 0.3) is 0 Å². The van der Waals surface area contributed by atoms with Crippen LogP contribution in [-0.4, -0.2) is 23.4 Å². The van der Waals surface area contributed by atoms with Crippen LogP contribution in [0.2, 0.25) is 0 Å². The molecule has 0 unspecified atom stereocenters. The van der Waals surface area contributed by atoms with Crippen molar-refractivity contribution in [2.75, 3.05) is 13.2 Å². The van der Waals surface area contributed by atoms with Crippen LogP contribution >= 0.6 is 0 Å². The van der Waals surface area contributed by atoms with E-state index in [-0.39, 0.29) is 24.9 Å². The highest BCUT2D eigenvalue weighted by Crippen LogP contribution is 2.29. The maximum absolute atomic E-state index is 15.2. The standard InChI is InChI=1S/C33H43FO2/c1-3-5-6-8-25-11-13-26(14-12-25)15-16-28-18-20-32(33(34)22-28)31-19-17-27(21-30(31)4-2)9-7-10-29(23-35)24-36/h11-14,17-22,29,35-36H,3-10,15-16,23-24H2,1-2H3. The van der Waals surface area contributed by atoms with Crippen molar-refractivity contribution in [3.8, 4) is 11.1 Å². The molecule has 0 aliphatic heterocycles. The molecule has 0 aliphatic carbocycles. The molecule has 0 fully saturated rings. The summed E-state index contributed by atoms with van der Waals surface area (Å²) in [6, 6.07) is 20.9. The predicted octanol–water partition coefficient (Wildman–Crippen LogP) is 7.50. The Bertz CT molecular complexity index is 1050. The summed E-state index contributed by atoms with van der Waals surface area (Å²) in [7, 11) is 0. The van der Waals surface area contributed by atoms with Crippen molar-refractivity contribution in [3.05, 3.63) is 94.3 Å². The minimum Gasteiger partial charge on any atom is -0.396 e. The maximum atomic E-state index is 15.2. The molecule has 2 nitrogen and oxygen atoms in total. The molecule has 36 heavy (non-hydrogen) atoms. The topological polar surface area (TPSA) is 40.5 Å². The fraction of sp³-hybridized carbons (Fsp3) is 0.455. The largest absolute Gasteiger partial charge is 0.396 e. The van der Waals surface area contributed by atoms with E-state index in [2.05, 4.69) is 56.3 Å². The van der Waals surface area contributed by atoms with Crippen LogP contribution in [0.15, 0.2) is 60.7 Å². The van der Waals surface area contributed by atoms with Gasteiger partial charge in [-0.15, -0.1) is 0 Å². The van der Waals surface area contributed by atoms with Gasteiger partial charge >= 0.3 is 0 Å². The maximum Gasteiger partial charge on any atom is 0.131 e. The second-order valence-electron chi connectivity index (χ2n) is 10.1. The van der Waals surface area contributed by atoms with Gasteiger partial charge in [-0.3, -0.25) is 0 Å². The lowest BCUT2D eigenvalue weighted by atomic mass is 9.92. The summed E-state index contributed by atoms with van der Waals surface area (Å²) in [4.78, 5) is 0. The number of unbranched alkanes of at least 4 members (excludes halogenated alkanes) is 2. The van der Waals surface area contributed by atoms with Gasteiger partial charge in [0.05, 0.1) is 0 Å². The monoisotopic (exact) mass is 490 g/mol. The lowest BCUT2D eigenvalue weighted by Crippen LogP contribution is -2.11. The lowest BCUT2D eigenvalue weighted by molar-refractivity contribution is 0.142. The first-order valence-corrected chi connectivity index (χ1v) is 13.8. The summed E-state index contributed by atoms with van der Waals surface area (Å²) in [6.45, 7) is 4.39. The predicted molar refractivity (Wildman–Crippen MR) is 149 cm³/mol. The summed E-state index contributed by atoms with van der Waals surface area (Å²) >= 11 is 0. The minimum absolute atomic E-state index is 0.0241. The highest BCUT2D eigenvalue weighted by molar-refractivity contribution is 5.69. The van der Waals surface area contributed by atoms with Gasteiger partial charge < -0.3 is 10.2 Å². The van der Waals surface area contributed by atoms with E-state index in [0.29, 0.717) is 5.56 Å². The van der Waals surface area contributed by atoms with Crippen LogP contribution in [0.5, 0.6) is 0 Å². The van der Waals surface area contributed by atoms with Gasteiger partial charge in [0.15, 0.2) is 0 Å². The number of aliphatic hydroxyl groups is 2. The molecule has 194 valence electrons. The molecule has 0 aliphatic rings. The zero-order valence-electron chi connectivity index (χ0n) is 22.1. The number of rotatable bonds is 15. The average Bonchev–Trinajstić information content (AvgIpc) is 2.91. The molecule has 3 aromatic carbocycles. The van der Waals surface area contributed by atoms with Crippen molar-refractivity contribution >= 4 is 0 Å². The molecule has 3 aromatic rings. The first-order chi connectivity index (χ1) is 17.6. The molecule has 0 saturated heterocycles. The van der Waals surface area contributed by atoms with Crippen molar-refractivity contribution in [2.24, 2.45) is 5.92 Å². The zero-order valence-corrected chi connectivity index (χ0v) is 22.1. The number of aryl methyl sites for hydroxylation is 5. The van der Waals surface area contributed by atoms with Crippen LogP contribution in [0.1, 0.15) is 73.8 Å². The van der Waals surface area contributed by atoms with E-state index in [1.807, 2.05) is 12.1 Å². The van der Waals surface area contributed by atoms with Gasteiger partial charge in [0.2, 0.25) is 0 Å². The summed E-state index contributed by atoms with van der Waals surface area (Å²) in [5, 5.41) is 18.5. The molecule has 0 radical (unpaired) electrons. The van der Waals surface area contributed by atoms with Crippen LogP contribution in [0.3, 0.4) is 0 Å². The molecular formula is C33H43FO2. The third-order valence-electron chi connectivity index (χ3n) is 7.26. The van der Waals surface area contributed by atoms with Crippen LogP contribution < -0.4 is 0 Å². The van der Waals surface area contributed by atoms with Gasteiger partial charge in [0.1, 0.15) is 5.82 Å². The lowest BCUT2D eigenvalue weighted by Gasteiger charge is -2.14. The summed E-state index contributed by atoms with van der Waals surface area (Å²) in [5.74, 6) is -0.201. The molecule has 0 spiro atoms. The Morgan fingerprint density at radius 1 is 0.639 bits per heavy atom. The van der Waals surface area contributed by atoms with Crippen molar-refractivity contribution in [2.45, 2.75) is 78.1 Å². The van der Waals surface area contributed by atoms with E-state index in [1.54, 1.807) is 6.07 Å². The molecule has 0 bridgehead atoms. The highest BCUT2D eigenvalue weighted by Gasteiger charge is 2.12. The summed E-state index contributed by atoms with van der Waals surface area (Å²) < 4.78 is 15.2. The number of benzene rings is 3. The van der Waals surface area contributed by atoms with E-state index < -0.39 is 0 Å². The van der Waals surface area contributed by atoms with E-state index in [1.165, 1.54) is 36.0 Å². The Balaban J connectivity index is 1.61. The van der Waals surface area contributed by atoms with E-state index in [9.17, 15) is 10.2 Å². The Labute approximate surface area is 217 Å². The SMILES string of the molecule is CCCCCc1ccc(CCc2ccc(-c3ccc(CCCC(CO)CO)cc3CC)c(F)c2)cc1. The molecule has 0 atom stereocenters. The van der Waals surface area contributed by atoms with Crippen LogP contribution in [0, 0.1) is 11.7 Å². The molecule has 0 aromatic heterocycles. The van der Waals surface area contributed by atoms with Gasteiger partial charge in [-0.25, -0.2) is 4.39 Å². The van der Waals surface area contributed by atoms with Gasteiger partial charge in [0, 0.05) is 24.7 Å². The van der Waals surface area contributed by atoms with E-state index in [4.69, 9.17) is 0 Å². The van der Waals surface area contributed by atoms with Crippen molar-refractivity contribution < 1.29 is 14.6 Å². The molecule has 0 saturated carbocycles. The number of hydrogen-bond acceptors (Lipinski definition) is 2. The number of aliphatic hydroxyl groups excluding tert-OH is 2. The fourth-order valence-electron chi connectivity index (χ4n) is 4.87. The fourth-order valence-corrected chi connectivity index (χ4v) is 4.87.